The number of hydrogen-bond acceptors (Lipinski definition) is 2. The van der Waals surface area contributed by atoms with Crippen molar-refractivity contribution in [3.63, 3.8) is 0 Å². The molecule has 0 aliphatic carbocycles. The smallest absolute Gasteiger partial charge is 0.336 e. The van der Waals surface area contributed by atoms with Crippen LogP contribution in [0.15, 0.2) is 46.9 Å². The predicted octanol–water partition coefficient (Wildman–Crippen LogP) is 3.88. The van der Waals surface area contributed by atoms with E-state index in [4.69, 9.17) is 5.11 Å². The molecule has 0 amide bonds. The highest BCUT2D eigenvalue weighted by atomic mass is 79.9. The number of hydrogen-bond donors (Lipinski definition) is 1. The number of carboxylic acids is 1. The van der Waals surface area contributed by atoms with Crippen molar-refractivity contribution in [1.29, 1.82) is 0 Å². The SMILES string of the molecule is CN(C)c1cccc(-c2cccc(C(=O)O)c2Br)c1. The summed E-state index contributed by atoms with van der Waals surface area (Å²) >= 11 is 3.39. The van der Waals surface area contributed by atoms with Crippen LogP contribution < -0.4 is 4.90 Å². The molecule has 98 valence electrons. The standard InChI is InChI=1S/C15H14BrNO2/c1-17(2)11-6-3-5-10(9-11)12-7-4-8-13(14(12)16)15(18)19/h3-9H,1-2H3,(H,18,19). The third-order valence-corrected chi connectivity index (χ3v) is 3.76. The third kappa shape index (κ3) is 2.79. The Labute approximate surface area is 120 Å². The number of benzene rings is 2. The monoisotopic (exact) mass is 319 g/mol. The quantitative estimate of drug-likeness (QED) is 0.933. The molecule has 0 saturated carbocycles. The highest BCUT2D eigenvalue weighted by Crippen LogP contribution is 2.32. The Hall–Kier alpha value is -1.81. The lowest BCUT2D eigenvalue weighted by molar-refractivity contribution is 0.0696. The first-order chi connectivity index (χ1) is 9.00. The molecule has 3 nitrogen and oxygen atoms in total. The summed E-state index contributed by atoms with van der Waals surface area (Å²) in [7, 11) is 3.95. The number of carbonyl (C=O) groups is 1. The van der Waals surface area contributed by atoms with E-state index >= 15 is 0 Å². The largest absolute Gasteiger partial charge is 0.478 e. The van der Waals surface area contributed by atoms with E-state index in [1.54, 1.807) is 12.1 Å². The van der Waals surface area contributed by atoms with Crippen molar-refractivity contribution in [2.45, 2.75) is 0 Å². The maximum atomic E-state index is 11.1. The zero-order chi connectivity index (χ0) is 14.0. The van der Waals surface area contributed by atoms with Crippen molar-refractivity contribution in [2.75, 3.05) is 19.0 Å². The molecule has 0 unspecified atom stereocenters. The van der Waals surface area contributed by atoms with Gasteiger partial charge in [-0.15, -0.1) is 0 Å². The maximum absolute atomic E-state index is 11.1. The van der Waals surface area contributed by atoms with Gasteiger partial charge in [-0.05, 0) is 45.3 Å². The van der Waals surface area contributed by atoms with Gasteiger partial charge in [-0.2, -0.15) is 0 Å². The zero-order valence-corrected chi connectivity index (χ0v) is 12.3. The Balaban J connectivity index is 2.56. The molecule has 0 radical (unpaired) electrons. The summed E-state index contributed by atoms with van der Waals surface area (Å²) in [5, 5.41) is 9.14. The van der Waals surface area contributed by atoms with Gasteiger partial charge in [-0.25, -0.2) is 4.79 Å². The molecule has 19 heavy (non-hydrogen) atoms. The van der Waals surface area contributed by atoms with Crippen molar-refractivity contribution >= 4 is 27.6 Å². The fraction of sp³-hybridized carbons (Fsp3) is 0.133. The Morgan fingerprint density at radius 2 is 1.84 bits per heavy atom. The van der Waals surface area contributed by atoms with E-state index in [2.05, 4.69) is 15.9 Å². The van der Waals surface area contributed by atoms with Crippen LogP contribution in [-0.4, -0.2) is 25.2 Å². The molecule has 2 rings (SSSR count). The molecular formula is C15H14BrNO2. The molecule has 2 aromatic carbocycles. The van der Waals surface area contributed by atoms with Gasteiger partial charge < -0.3 is 10.0 Å². The second-order valence-electron chi connectivity index (χ2n) is 4.42. The molecule has 0 atom stereocenters. The molecular weight excluding hydrogens is 306 g/mol. The minimum Gasteiger partial charge on any atom is -0.478 e. The van der Waals surface area contributed by atoms with Crippen LogP contribution in [0.25, 0.3) is 11.1 Å². The fourth-order valence-corrected chi connectivity index (χ4v) is 2.53. The normalized spacial score (nSPS) is 10.3. The van der Waals surface area contributed by atoms with Crippen LogP contribution in [-0.2, 0) is 0 Å². The lowest BCUT2D eigenvalue weighted by Crippen LogP contribution is -2.08. The van der Waals surface area contributed by atoms with Crippen molar-refractivity contribution in [1.82, 2.24) is 0 Å². The molecule has 0 aromatic heterocycles. The van der Waals surface area contributed by atoms with Gasteiger partial charge in [-0.1, -0.05) is 24.3 Å². The van der Waals surface area contributed by atoms with E-state index in [9.17, 15) is 4.79 Å². The van der Waals surface area contributed by atoms with Crippen LogP contribution in [0.2, 0.25) is 0 Å². The second kappa shape index (κ2) is 5.45. The Morgan fingerprint density at radius 1 is 1.16 bits per heavy atom. The van der Waals surface area contributed by atoms with E-state index in [1.807, 2.05) is 49.3 Å². The molecule has 2 aromatic rings. The summed E-state index contributed by atoms with van der Waals surface area (Å²) < 4.78 is 0.610. The van der Waals surface area contributed by atoms with Crippen molar-refractivity contribution in [3.05, 3.63) is 52.5 Å². The van der Waals surface area contributed by atoms with Gasteiger partial charge in [0.25, 0.3) is 0 Å². The van der Waals surface area contributed by atoms with E-state index in [0.29, 0.717) is 4.47 Å². The highest BCUT2D eigenvalue weighted by Gasteiger charge is 2.13. The van der Waals surface area contributed by atoms with Gasteiger partial charge >= 0.3 is 5.97 Å². The average molecular weight is 320 g/mol. The van der Waals surface area contributed by atoms with Gasteiger partial charge in [0, 0.05) is 24.3 Å². The van der Waals surface area contributed by atoms with E-state index in [1.165, 1.54) is 0 Å². The molecule has 0 fully saturated rings. The van der Waals surface area contributed by atoms with Crippen LogP contribution in [0.5, 0.6) is 0 Å². The molecule has 0 spiro atoms. The highest BCUT2D eigenvalue weighted by molar-refractivity contribution is 9.10. The summed E-state index contributed by atoms with van der Waals surface area (Å²) in [6, 6.07) is 13.2. The number of halogens is 1. The van der Waals surface area contributed by atoms with Gasteiger partial charge in [0.05, 0.1) is 5.56 Å². The van der Waals surface area contributed by atoms with Crippen LogP contribution >= 0.6 is 15.9 Å². The number of carboxylic acid groups (broad SMARTS) is 1. The minimum absolute atomic E-state index is 0.271. The molecule has 1 N–H and O–H groups in total. The Kier molecular flexibility index (Phi) is 3.90. The van der Waals surface area contributed by atoms with Gasteiger partial charge in [0.1, 0.15) is 0 Å². The Bertz CT molecular complexity index is 623. The van der Waals surface area contributed by atoms with E-state index in [0.717, 1.165) is 16.8 Å². The first kappa shape index (κ1) is 13.6. The van der Waals surface area contributed by atoms with Crippen LogP contribution in [0.4, 0.5) is 5.69 Å². The van der Waals surface area contributed by atoms with Crippen molar-refractivity contribution in [2.24, 2.45) is 0 Å². The lowest BCUT2D eigenvalue weighted by atomic mass is 10.0. The zero-order valence-electron chi connectivity index (χ0n) is 10.7. The summed E-state index contributed by atoms with van der Waals surface area (Å²) in [6.45, 7) is 0. The molecule has 0 heterocycles. The maximum Gasteiger partial charge on any atom is 0.336 e. The first-order valence-electron chi connectivity index (χ1n) is 5.80. The topological polar surface area (TPSA) is 40.5 Å². The van der Waals surface area contributed by atoms with Crippen molar-refractivity contribution in [3.8, 4) is 11.1 Å². The summed E-state index contributed by atoms with van der Waals surface area (Å²) in [6.07, 6.45) is 0. The molecule has 0 bridgehead atoms. The van der Waals surface area contributed by atoms with E-state index < -0.39 is 5.97 Å². The number of aromatic carboxylic acids is 1. The van der Waals surface area contributed by atoms with E-state index in [-0.39, 0.29) is 5.56 Å². The third-order valence-electron chi connectivity index (χ3n) is 2.90. The summed E-state index contributed by atoms with van der Waals surface area (Å²) in [5.41, 5.74) is 3.21. The first-order valence-corrected chi connectivity index (χ1v) is 6.59. The fourth-order valence-electron chi connectivity index (χ4n) is 1.87. The van der Waals surface area contributed by atoms with Crippen LogP contribution in [0, 0.1) is 0 Å². The second-order valence-corrected chi connectivity index (χ2v) is 5.21. The van der Waals surface area contributed by atoms with Gasteiger partial charge in [0.2, 0.25) is 0 Å². The van der Waals surface area contributed by atoms with Crippen LogP contribution in [0.3, 0.4) is 0 Å². The number of anilines is 1. The summed E-state index contributed by atoms with van der Waals surface area (Å²) in [5.74, 6) is -0.933. The molecule has 0 aliphatic heterocycles. The lowest BCUT2D eigenvalue weighted by Gasteiger charge is -2.14. The molecule has 0 saturated heterocycles. The number of nitrogens with zero attached hydrogens (tertiary/aromatic N) is 1. The molecule has 4 heteroatoms. The predicted molar refractivity (Wildman–Crippen MR) is 80.9 cm³/mol. The average Bonchev–Trinajstić information content (AvgIpc) is 2.38. The van der Waals surface area contributed by atoms with Gasteiger partial charge in [-0.3, -0.25) is 0 Å². The molecule has 0 aliphatic rings. The minimum atomic E-state index is -0.933. The summed E-state index contributed by atoms with van der Waals surface area (Å²) in [4.78, 5) is 13.2. The number of rotatable bonds is 3. The van der Waals surface area contributed by atoms with Crippen LogP contribution in [0.1, 0.15) is 10.4 Å². The van der Waals surface area contributed by atoms with Gasteiger partial charge in [0.15, 0.2) is 0 Å². The Morgan fingerprint density at radius 3 is 2.47 bits per heavy atom. The van der Waals surface area contributed by atoms with Crippen molar-refractivity contribution < 1.29 is 9.90 Å².